The molecule has 0 aromatic heterocycles. The summed E-state index contributed by atoms with van der Waals surface area (Å²) in [5, 5.41) is 0. The summed E-state index contributed by atoms with van der Waals surface area (Å²) in [4.78, 5) is 31.4. The van der Waals surface area contributed by atoms with E-state index in [0.717, 1.165) is 42.7 Å². The van der Waals surface area contributed by atoms with E-state index in [1.165, 1.54) is 88.2 Å². The fourth-order valence-corrected chi connectivity index (χ4v) is 7.20. The van der Waals surface area contributed by atoms with Gasteiger partial charge in [0.05, 0.1) is 16.8 Å². The fourth-order valence-electron chi connectivity index (χ4n) is 7.20. The number of rotatable bonds is 0. The quantitative estimate of drug-likeness (QED) is 0.391. The predicted molar refractivity (Wildman–Crippen MR) is 134 cm³/mol. The van der Waals surface area contributed by atoms with Crippen molar-refractivity contribution in [1.29, 1.82) is 0 Å². The Bertz CT molecular complexity index is 1040. The largest absolute Gasteiger partial charge is 0.287 e. The van der Waals surface area contributed by atoms with Gasteiger partial charge < -0.3 is 0 Å². The van der Waals surface area contributed by atoms with Crippen LogP contribution in [0.4, 0.5) is 0 Å². The molecule has 0 aromatic rings. The third-order valence-electron chi connectivity index (χ3n) is 8.98. The number of hydrogen-bond donors (Lipinski definition) is 0. The highest BCUT2D eigenvalue weighted by atomic mass is 16.2. The van der Waals surface area contributed by atoms with Gasteiger partial charge in [0.2, 0.25) is 0 Å². The van der Waals surface area contributed by atoms with Crippen molar-refractivity contribution < 1.29 is 9.59 Å². The van der Waals surface area contributed by atoms with E-state index in [1.54, 1.807) is 0 Å². The van der Waals surface area contributed by atoms with E-state index >= 15 is 0 Å². The van der Waals surface area contributed by atoms with Crippen molar-refractivity contribution in [1.82, 2.24) is 9.80 Å². The van der Waals surface area contributed by atoms with Crippen LogP contribution in [0.15, 0.2) is 58.2 Å². The third kappa shape index (κ3) is 3.65. The number of hydrogen-bond acceptors (Lipinski definition) is 2. The number of carbonyl (C=O) groups excluding carboxylic acids is 2. The standard InChI is InChI=1S/C30H38N2O2/c33-29-25-26(28-24-16-12-8-4-6-10-14-22(24)18-20-32(28)29)30(34)31-19-17-21-13-9-5-2-1-3-7-11-15-23(21)27(25)31/h17-20,22,24H,1-16H2. The SMILES string of the molecule is O=C1C2=C3C4CCCCCCCC4C=CN3C(=O)C2=C2C3=C(C=CN12)CCCCCCCCC3. The van der Waals surface area contributed by atoms with Crippen LogP contribution >= 0.6 is 0 Å². The Morgan fingerprint density at radius 1 is 0.647 bits per heavy atom. The van der Waals surface area contributed by atoms with Crippen molar-refractivity contribution in [3.63, 3.8) is 0 Å². The summed E-state index contributed by atoms with van der Waals surface area (Å²) in [6, 6.07) is 0. The van der Waals surface area contributed by atoms with E-state index in [-0.39, 0.29) is 17.7 Å². The van der Waals surface area contributed by atoms with Crippen LogP contribution in [0.25, 0.3) is 0 Å². The van der Waals surface area contributed by atoms with Crippen LogP contribution in [0.2, 0.25) is 0 Å². The lowest BCUT2D eigenvalue weighted by Gasteiger charge is -2.35. The molecule has 2 unspecified atom stereocenters. The maximum atomic E-state index is 13.9. The van der Waals surface area contributed by atoms with Crippen molar-refractivity contribution in [2.45, 2.75) is 103 Å². The molecule has 0 spiro atoms. The smallest absolute Gasteiger partial charge is 0.265 e. The lowest BCUT2D eigenvalue weighted by Crippen LogP contribution is -2.34. The van der Waals surface area contributed by atoms with E-state index in [4.69, 9.17) is 0 Å². The Balaban J connectivity index is 1.45. The van der Waals surface area contributed by atoms with Crippen LogP contribution in [0.3, 0.4) is 0 Å². The Labute approximate surface area is 204 Å². The van der Waals surface area contributed by atoms with Gasteiger partial charge in [0, 0.05) is 24.0 Å². The zero-order chi connectivity index (χ0) is 23.1. The van der Waals surface area contributed by atoms with Gasteiger partial charge >= 0.3 is 0 Å². The molecule has 180 valence electrons. The van der Waals surface area contributed by atoms with E-state index < -0.39 is 0 Å². The molecule has 2 atom stereocenters. The Morgan fingerprint density at radius 2 is 1.29 bits per heavy atom. The van der Waals surface area contributed by atoms with Crippen LogP contribution in [-0.2, 0) is 9.59 Å². The van der Waals surface area contributed by atoms with Gasteiger partial charge in [-0.15, -0.1) is 0 Å². The first-order chi connectivity index (χ1) is 16.8. The molecule has 1 saturated carbocycles. The maximum absolute atomic E-state index is 13.9. The van der Waals surface area contributed by atoms with Gasteiger partial charge in [-0.2, -0.15) is 0 Å². The van der Waals surface area contributed by atoms with Gasteiger partial charge in [-0.05, 0) is 61.7 Å². The van der Waals surface area contributed by atoms with E-state index in [2.05, 4.69) is 12.2 Å². The van der Waals surface area contributed by atoms with Gasteiger partial charge in [0.1, 0.15) is 0 Å². The molecule has 4 nitrogen and oxygen atoms in total. The van der Waals surface area contributed by atoms with Gasteiger partial charge in [0.25, 0.3) is 11.8 Å². The number of carbonyl (C=O) groups is 2. The zero-order valence-corrected chi connectivity index (χ0v) is 20.5. The summed E-state index contributed by atoms with van der Waals surface area (Å²) in [5.74, 6) is 0.793. The number of allylic oxidation sites excluding steroid dienone is 5. The monoisotopic (exact) mass is 458 g/mol. The number of amides is 2. The molecule has 34 heavy (non-hydrogen) atoms. The molecule has 0 radical (unpaired) electrons. The molecule has 0 aromatic carbocycles. The highest BCUT2D eigenvalue weighted by Crippen LogP contribution is 2.51. The zero-order valence-electron chi connectivity index (χ0n) is 20.5. The van der Waals surface area contributed by atoms with Crippen molar-refractivity contribution in [3.05, 3.63) is 58.2 Å². The predicted octanol–water partition coefficient (Wildman–Crippen LogP) is 7.03. The average Bonchev–Trinajstić information content (AvgIpc) is 3.32. The molecule has 2 aliphatic carbocycles. The molecule has 6 aliphatic rings. The number of nitrogens with zero attached hydrogens (tertiary/aromatic N) is 2. The molecule has 0 N–H and O–H groups in total. The normalized spacial score (nSPS) is 30.2. The van der Waals surface area contributed by atoms with Crippen LogP contribution in [0.1, 0.15) is 103 Å². The molecular weight excluding hydrogens is 420 g/mol. The highest BCUT2D eigenvalue weighted by Gasteiger charge is 2.51. The lowest BCUT2D eigenvalue weighted by atomic mass is 9.79. The molecule has 0 saturated heterocycles. The molecule has 6 rings (SSSR count). The van der Waals surface area contributed by atoms with Crippen molar-refractivity contribution in [3.8, 4) is 0 Å². The second kappa shape index (κ2) is 9.36. The summed E-state index contributed by atoms with van der Waals surface area (Å²) in [5.41, 5.74) is 6.01. The van der Waals surface area contributed by atoms with Crippen molar-refractivity contribution in [2.75, 3.05) is 0 Å². The summed E-state index contributed by atoms with van der Waals surface area (Å²) < 4.78 is 0. The first-order valence-corrected chi connectivity index (χ1v) is 14.0. The maximum Gasteiger partial charge on any atom is 0.265 e. The van der Waals surface area contributed by atoms with Gasteiger partial charge in [-0.3, -0.25) is 19.4 Å². The molecule has 4 heterocycles. The minimum Gasteiger partial charge on any atom is -0.287 e. The van der Waals surface area contributed by atoms with Crippen LogP contribution in [-0.4, -0.2) is 21.6 Å². The van der Waals surface area contributed by atoms with E-state index in [1.807, 2.05) is 22.2 Å². The number of fused-ring (bicyclic) bond motifs is 6. The first-order valence-electron chi connectivity index (χ1n) is 14.0. The molecule has 4 aliphatic heterocycles. The lowest BCUT2D eigenvalue weighted by molar-refractivity contribution is -0.123. The van der Waals surface area contributed by atoms with Gasteiger partial charge in [-0.25, -0.2) is 0 Å². The minimum absolute atomic E-state index is 0.0295. The van der Waals surface area contributed by atoms with E-state index in [9.17, 15) is 9.59 Å². The second-order valence-electron chi connectivity index (χ2n) is 11.1. The molecule has 0 bridgehead atoms. The summed E-state index contributed by atoms with van der Waals surface area (Å²) in [7, 11) is 0. The third-order valence-corrected chi connectivity index (χ3v) is 8.98. The summed E-state index contributed by atoms with van der Waals surface area (Å²) in [6.45, 7) is 0. The molecule has 1 fully saturated rings. The van der Waals surface area contributed by atoms with Gasteiger partial charge in [-0.1, -0.05) is 70.3 Å². The van der Waals surface area contributed by atoms with Crippen molar-refractivity contribution in [2.24, 2.45) is 11.8 Å². The molecular formula is C30H38N2O2. The first kappa shape index (κ1) is 22.1. The topological polar surface area (TPSA) is 40.6 Å². The van der Waals surface area contributed by atoms with Crippen LogP contribution in [0.5, 0.6) is 0 Å². The average molecular weight is 459 g/mol. The summed E-state index contributed by atoms with van der Waals surface area (Å²) >= 11 is 0. The highest BCUT2D eigenvalue weighted by molar-refractivity contribution is 6.21. The fraction of sp³-hybridized carbons (Fsp3) is 0.600. The van der Waals surface area contributed by atoms with Gasteiger partial charge in [0.15, 0.2) is 0 Å². The Morgan fingerprint density at radius 3 is 2.09 bits per heavy atom. The summed E-state index contributed by atoms with van der Waals surface area (Å²) in [6.07, 6.45) is 27.8. The molecule has 4 heteroatoms. The van der Waals surface area contributed by atoms with E-state index in [0.29, 0.717) is 11.5 Å². The molecule has 2 amide bonds. The van der Waals surface area contributed by atoms with Crippen LogP contribution in [0, 0.1) is 11.8 Å². The van der Waals surface area contributed by atoms with Crippen LogP contribution < -0.4 is 0 Å². The van der Waals surface area contributed by atoms with Crippen molar-refractivity contribution >= 4 is 11.8 Å². The minimum atomic E-state index is 0.0295. The second-order valence-corrected chi connectivity index (χ2v) is 11.1. The Kier molecular flexibility index (Phi) is 6.09. The Hall–Kier alpha value is -2.36.